The number of rotatable bonds is 1. The van der Waals surface area contributed by atoms with Gasteiger partial charge in [0.1, 0.15) is 0 Å². The van der Waals surface area contributed by atoms with Gasteiger partial charge in [-0.1, -0.05) is 0 Å². The van der Waals surface area contributed by atoms with Crippen molar-refractivity contribution in [3.63, 3.8) is 0 Å². The lowest BCUT2D eigenvalue weighted by Crippen LogP contribution is -2.30. The zero-order valence-corrected chi connectivity index (χ0v) is 12.0. The number of aliphatic imine (C=N–C) groups is 1. The molecule has 0 saturated carbocycles. The number of guanidine groups is 2. The van der Waals surface area contributed by atoms with Crippen molar-refractivity contribution in [1.82, 2.24) is 0 Å². The smallest absolute Gasteiger partial charge is 0.225 e. The summed E-state index contributed by atoms with van der Waals surface area (Å²) in [4.78, 5) is 4.89. The van der Waals surface area contributed by atoms with E-state index in [0.717, 1.165) is 0 Å². The number of phenols is 2. The quantitative estimate of drug-likeness (QED) is 0.218. The van der Waals surface area contributed by atoms with Gasteiger partial charge in [0.15, 0.2) is 17.5 Å². The normalized spacial score (nSPS) is 8.33. The number of hydrogen-bond donors (Lipinski definition) is 7. The first-order valence-corrected chi connectivity index (χ1v) is 5.73. The van der Waals surface area contributed by atoms with Gasteiger partial charge in [-0.2, -0.15) is 4.99 Å². The number of hydrogen-bond acceptors (Lipinski definition) is 5. The minimum absolute atomic E-state index is 0.176. The molecule has 0 aliphatic rings. The van der Waals surface area contributed by atoms with Crippen LogP contribution >= 0.6 is 0 Å². The molecule has 1 rings (SSSR count). The second-order valence-corrected chi connectivity index (χ2v) is 3.41. The van der Waals surface area contributed by atoms with E-state index in [1.807, 2.05) is 0 Å². The van der Waals surface area contributed by atoms with Crippen molar-refractivity contribution in [3.8, 4) is 11.5 Å². The molecule has 0 aromatic heterocycles. The van der Waals surface area contributed by atoms with Gasteiger partial charge in [-0.25, -0.2) is 0 Å². The summed E-state index contributed by atoms with van der Waals surface area (Å²) in [6.45, 7) is 4.43. The molecule has 9 heteroatoms. The lowest BCUT2D eigenvalue weighted by molar-refractivity contribution is 0.318. The van der Waals surface area contributed by atoms with Crippen LogP contribution in [0, 0.1) is 10.8 Å². The van der Waals surface area contributed by atoms with Crippen molar-refractivity contribution >= 4 is 24.3 Å². The Bertz CT molecular complexity index is 474. The second-order valence-electron chi connectivity index (χ2n) is 3.41. The Kier molecular flexibility index (Phi) is 10.8. The number of nitrogens with two attached hydrogens (primary N) is 2. The Morgan fingerprint density at radius 3 is 2.14 bits per heavy atom. The Hall–Kier alpha value is -2.81. The van der Waals surface area contributed by atoms with Gasteiger partial charge < -0.3 is 37.1 Å². The lowest BCUT2D eigenvalue weighted by atomic mass is 10.2. The van der Waals surface area contributed by atoms with Crippen molar-refractivity contribution in [2.24, 2.45) is 16.5 Å². The average molecular weight is 298 g/mol. The van der Waals surface area contributed by atoms with E-state index in [9.17, 15) is 5.11 Å². The zero-order chi connectivity index (χ0) is 17.0. The third-order valence-corrected chi connectivity index (χ3v) is 1.90. The van der Waals surface area contributed by atoms with Gasteiger partial charge in [0.2, 0.25) is 5.96 Å². The first-order valence-electron chi connectivity index (χ1n) is 5.73. The second kappa shape index (κ2) is 11.1. The number of phenolic OH excluding ortho intramolecular Hbond substituents is 2. The number of nitrogens with one attached hydrogen (secondary N) is 2. The summed E-state index contributed by atoms with van der Waals surface area (Å²) < 4.78 is 0. The molecule has 0 heterocycles. The van der Waals surface area contributed by atoms with Gasteiger partial charge in [0, 0.05) is 25.4 Å². The average Bonchev–Trinajstić information content (AvgIpc) is 2.43. The van der Waals surface area contributed by atoms with Crippen molar-refractivity contribution in [2.45, 2.75) is 6.92 Å². The van der Waals surface area contributed by atoms with E-state index >= 15 is 0 Å². The van der Waals surface area contributed by atoms with E-state index in [1.54, 1.807) is 14.0 Å². The largest absolute Gasteiger partial charge is 0.504 e. The highest BCUT2D eigenvalue weighted by Gasteiger charge is 2.08. The number of nitrogens with zero attached hydrogens (tertiary/aromatic N) is 2. The number of anilines is 1. The molecule has 118 valence electrons. The summed E-state index contributed by atoms with van der Waals surface area (Å²) in [6, 6.07) is 4.13. The molecule has 0 fully saturated rings. The molecule has 9 nitrogen and oxygen atoms in total. The number of aromatic hydroxyl groups is 2. The Labute approximate surface area is 123 Å². The van der Waals surface area contributed by atoms with Crippen molar-refractivity contribution in [2.75, 3.05) is 18.6 Å². The molecule has 0 spiro atoms. The fraction of sp³-hybridized carbons (Fsp3) is 0.250. The summed E-state index contributed by atoms with van der Waals surface area (Å²) in [7, 11) is 1.56. The highest BCUT2D eigenvalue weighted by atomic mass is 16.3. The van der Waals surface area contributed by atoms with E-state index in [-0.39, 0.29) is 30.0 Å². The first-order chi connectivity index (χ1) is 9.83. The van der Waals surface area contributed by atoms with E-state index in [2.05, 4.69) is 11.7 Å². The van der Waals surface area contributed by atoms with Gasteiger partial charge in [-0.3, -0.25) is 5.41 Å². The third kappa shape index (κ3) is 8.06. The van der Waals surface area contributed by atoms with Gasteiger partial charge in [-0.15, -0.1) is 0 Å². The molecule has 0 aliphatic carbocycles. The molecule has 9 N–H and O–H groups in total. The van der Waals surface area contributed by atoms with Crippen molar-refractivity contribution in [1.29, 1.82) is 10.8 Å². The minimum atomic E-state index is -0.276. The minimum Gasteiger partial charge on any atom is -0.504 e. The van der Waals surface area contributed by atoms with E-state index in [1.165, 1.54) is 23.1 Å². The predicted molar refractivity (Wildman–Crippen MR) is 84.3 cm³/mol. The maximum absolute atomic E-state index is 9.28. The predicted octanol–water partition coefficient (Wildman–Crippen LogP) is 0.00654. The molecular formula is C12H22N6O3. The summed E-state index contributed by atoms with van der Waals surface area (Å²) in [5, 5.41) is 39.0. The van der Waals surface area contributed by atoms with E-state index < -0.39 is 0 Å². The third-order valence-electron chi connectivity index (χ3n) is 1.90. The van der Waals surface area contributed by atoms with Crippen LogP contribution in [0.25, 0.3) is 0 Å². The summed E-state index contributed by atoms with van der Waals surface area (Å²) in [5.41, 5.74) is 10.7. The molecule has 0 bridgehead atoms. The van der Waals surface area contributed by atoms with Crippen LogP contribution in [0.15, 0.2) is 23.2 Å². The van der Waals surface area contributed by atoms with Crippen LogP contribution < -0.4 is 16.4 Å². The molecule has 0 saturated heterocycles. The maximum atomic E-state index is 9.28. The Morgan fingerprint density at radius 2 is 1.76 bits per heavy atom. The topological polar surface area (TPSA) is 176 Å². The molecule has 0 radical (unpaired) electrons. The molecule has 1 aromatic rings. The van der Waals surface area contributed by atoms with Gasteiger partial charge in [-0.05, 0) is 25.8 Å². The van der Waals surface area contributed by atoms with Crippen LogP contribution in [0.5, 0.6) is 11.5 Å². The summed E-state index contributed by atoms with van der Waals surface area (Å²) >= 11 is 0. The summed E-state index contributed by atoms with van der Waals surface area (Å²) in [5.74, 6) is -0.905. The zero-order valence-electron chi connectivity index (χ0n) is 12.0. The standard InChI is InChI=1S/C9H13N5O2.C2H6O.CH3N/c1-14(9(12)13-8(10)11)5-2-3-6(15)7(16)4-5;1-2-3;1-2/h2-4,15-16H,1H3,(H5,10,11,12,13);3H,2H2,1H3;2H,1H2. The molecule has 0 unspecified atom stereocenters. The Morgan fingerprint density at radius 1 is 1.29 bits per heavy atom. The monoisotopic (exact) mass is 298 g/mol. The molecule has 0 atom stereocenters. The number of benzene rings is 1. The van der Waals surface area contributed by atoms with Gasteiger partial charge in [0.05, 0.1) is 0 Å². The van der Waals surface area contributed by atoms with Gasteiger partial charge >= 0.3 is 0 Å². The molecule has 0 aliphatic heterocycles. The maximum Gasteiger partial charge on any atom is 0.225 e. The van der Waals surface area contributed by atoms with Crippen molar-refractivity contribution < 1.29 is 15.3 Å². The highest BCUT2D eigenvalue weighted by molar-refractivity contribution is 6.00. The fourth-order valence-corrected chi connectivity index (χ4v) is 1.04. The number of aliphatic hydroxyl groups is 1. The van der Waals surface area contributed by atoms with Gasteiger partial charge in [0.25, 0.3) is 0 Å². The Balaban J connectivity index is 0. The highest BCUT2D eigenvalue weighted by Crippen LogP contribution is 2.28. The number of aliphatic hydroxyl groups excluding tert-OH is 1. The molecule has 21 heavy (non-hydrogen) atoms. The fourth-order valence-electron chi connectivity index (χ4n) is 1.04. The van der Waals surface area contributed by atoms with E-state index in [0.29, 0.717) is 5.69 Å². The summed E-state index contributed by atoms with van der Waals surface area (Å²) in [6.07, 6.45) is 0. The van der Waals surface area contributed by atoms with Crippen LogP contribution in [0.1, 0.15) is 6.92 Å². The molecule has 1 aromatic carbocycles. The van der Waals surface area contributed by atoms with Crippen LogP contribution in [-0.2, 0) is 0 Å². The molecular weight excluding hydrogens is 276 g/mol. The van der Waals surface area contributed by atoms with Crippen LogP contribution in [-0.4, -0.2) is 47.6 Å². The van der Waals surface area contributed by atoms with Crippen LogP contribution in [0.3, 0.4) is 0 Å². The SMILES string of the molecule is C=N.CCO.CN(C(=N)N=C(N)N)c1ccc(O)c(O)c1. The molecule has 0 amide bonds. The lowest BCUT2D eigenvalue weighted by Gasteiger charge is -2.17. The van der Waals surface area contributed by atoms with Crippen LogP contribution in [0.4, 0.5) is 5.69 Å². The van der Waals surface area contributed by atoms with E-state index in [4.69, 9.17) is 32.5 Å². The van der Waals surface area contributed by atoms with Crippen LogP contribution in [0.2, 0.25) is 0 Å². The van der Waals surface area contributed by atoms with Crippen molar-refractivity contribution in [3.05, 3.63) is 18.2 Å². The first kappa shape index (κ1) is 20.5.